The molecule has 3 heteroatoms. The second kappa shape index (κ2) is 3.01. The fourth-order valence-corrected chi connectivity index (χ4v) is 1.44. The largest absolute Gasteiger partial charge is 0.489 e. The van der Waals surface area contributed by atoms with Crippen molar-refractivity contribution >= 4 is 5.69 Å². The number of anilines is 1. The molecular weight excluding hydrogens is 152 g/mol. The molecule has 0 atom stereocenters. The van der Waals surface area contributed by atoms with Crippen molar-refractivity contribution in [2.24, 2.45) is 0 Å². The molecular formula is C9H12N2O. The number of rotatable bonds is 1. The van der Waals surface area contributed by atoms with Crippen LogP contribution < -0.4 is 10.1 Å². The average Bonchev–Trinajstić information content (AvgIpc) is 2.17. The van der Waals surface area contributed by atoms with E-state index in [4.69, 9.17) is 4.74 Å². The SMILES string of the molecule is CNc1ccnc2c1OCCC2. The summed E-state index contributed by atoms with van der Waals surface area (Å²) in [4.78, 5) is 4.26. The number of pyridine rings is 1. The molecule has 0 fully saturated rings. The minimum Gasteiger partial charge on any atom is -0.489 e. The van der Waals surface area contributed by atoms with Gasteiger partial charge in [0.1, 0.15) is 0 Å². The van der Waals surface area contributed by atoms with Gasteiger partial charge in [0.15, 0.2) is 5.75 Å². The molecule has 0 bridgehead atoms. The molecule has 1 aromatic rings. The number of fused-ring (bicyclic) bond motifs is 1. The number of aryl methyl sites for hydroxylation is 1. The van der Waals surface area contributed by atoms with Crippen LogP contribution in [0, 0.1) is 0 Å². The van der Waals surface area contributed by atoms with Crippen molar-refractivity contribution < 1.29 is 4.74 Å². The zero-order valence-electron chi connectivity index (χ0n) is 7.13. The highest BCUT2D eigenvalue weighted by Crippen LogP contribution is 2.30. The quantitative estimate of drug-likeness (QED) is 0.682. The Kier molecular flexibility index (Phi) is 1.86. The predicted octanol–water partition coefficient (Wildman–Crippen LogP) is 1.45. The fraction of sp³-hybridized carbons (Fsp3) is 0.444. The van der Waals surface area contributed by atoms with E-state index in [1.165, 1.54) is 0 Å². The van der Waals surface area contributed by atoms with Crippen LogP contribution in [0.1, 0.15) is 12.1 Å². The molecule has 12 heavy (non-hydrogen) atoms. The first-order chi connectivity index (χ1) is 5.92. The van der Waals surface area contributed by atoms with Gasteiger partial charge in [-0.05, 0) is 18.9 Å². The predicted molar refractivity (Wildman–Crippen MR) is 47.6 cm³/mol. The average molecular weight is 164 g/mol. The first-order valence-electron chi connectivity index (χ1n) is 4.20. The van der Waals surface area contributed by atoms with Crippen LogP contribution in [0.25, 0.3) is 0 Å². The van der Waals surface area contributed by atoms with Crippen LogP contribution in [0.3, 0.4) is 0 Å². The molecule has 0 saturated carbocycles. The Labute approximate surface area is 71.8 Å². The number of ether oxygens (including phenoxy) is 1. The Bertz CT molecular complexity index is 272. The van der Waals surface area contributed by atoms with Crippen molar-refractivity contribution in [2.75, 3.05) is 19.0 Å². The summed E-state index contributed by atoms with van der Waals surface area (Å²) in [7, 11) is 1.90. The Morgan fingerprint density at radius 3 is 3.33 bits per heavy atom. The third-order valence-corrected chi connectivity index (χ3v) is 2.05. The van der Waals surface area contributed by atoms with E-state index in [2.05, 4.69) is 10.3 Å². The maximum absolute atomic E-state index is 5.52. The molecule has 0 spiro atoms. The van der Waals surface area contributed by atoms with Crippen molar-refractivity contribution in [3.63, 3.8) is 0 Å². The van der Waals surface area contributed by atoms with Gasteiger partial charge >= 0.3 is 0 Å². The van der Waals surface area contributed by atoms with Crippen LogP contribution in [-0.4, -0.2) is 18.6 Å². The molecule has 0 aliphatic carbocycles. The third kappa shape index (κ3) is 1.11. The van der Waals surface area contributed by atoms with Gasteiger partial charge in [-0.25, -0.2) is 0 Å². The maximum atomic E-state index is 5.52. The van der Waals surface area contributed by atoms with E-state index in [1.54, 1.807) is 0 Å². The molecule has 1 aromatic heterocycles. The highest BCUT2D eigenvalue weighted by atomic mass is 16.5. The highest BCUT2D eigenvalue weighted by molar-refractivity contribution is 5.58. The standard InChI is InChI=1S/C9H12N2O/c1-10-7-4-5-11-8-3-2-6-12-9(7)8/h4-5H,2-3,6H2,1H3,(H,10,11). The van der Waals surface area contributed by atoms with Crippen LogP contribution in [-0.2, 0) is 6.42 Å². The summed E-state index contributed by atoms with van der Waals surface area (Å²) in [6.07, 6.45) is 3.93. The zero-order chi connectivity index (χ0) is 8.39. The van der Waals surface area contributed by atoms with Gasteiger partial charge in [-0.1, -0.05) is 0 Å². The van der Waals surface area contributed by atoms with Crippen molar-refractivity contribution in [1.82, 2.24) is 4.98 Å². The molecule has 0 aromatic carbocycles. The molecule has 3 nitrogen and oxygen atoms in total. The summed E-state index contributed by atoms with van der Waals surface area (Å²) in [6, 6.07) is 1.93. The fourth-order valence-electron chi connectivity index (χ4n) is 1.44. The number of hydrogen-bond acceptors (Lipinski definition) is 3. The monoisotopic (exact) mass is 164 g/mol. The molecule has 1 aliphatic rings. The maximum Gasteiger partial charge on any atom is 0.163 e. The molecule has 2 rings (SSSR count). The van der Waals surface area contributed by atoms with Gasteiger partial charge in [0.25, 0.3) is 0 Å². The van der Waals surface area contributed by atoms with Gasteiger partial charge in [0.05, 0.1) is 18.0 Å². The van der Waals surface area contributed by atoms with Crippen molar-refractivity contribution in [3.8, 4) is 5.75 Å². The molecule has 2 heterocycles. The summed E-state index contributed by atoms with van der Waals surface area (Å²) in [5.74, 6) is 0.936. The lowest BCUT2D eigenvalue weighted by Crippen LogP contribution is -2.11. The summed E-state index contributed by atoms with van der Waals surface area (Å²) in [5, 5.41) is 3.09. The van der Waals surface area contributed by atoms with Crippen LogP contribution in [0.15, 0.2) is 12.3 Å². The minimum absolute atomic E-state index is 0.813. The second-order valence-corrected chi connectivity index (χ2v) is 2.84. The number of hydrogen-bond donors (Lipinski definition) is 1. The van der Waals surface area contributed by atoms with E-state index in [1.807, 2.05) is 19.3 Å². The Hall–Kier alpha value is -1.25. The highest BCUT2D eigenvalue weighted by Gasteiger charge is 2.14. The Balaban J connectivity index is 2.44. The molecule has 0 radical (unpaired) electrons. The summed E-state index contributed by atoms with van der Waals surface area (Å²) in [5.41, 5.74) is 2.12. The zero-order valence-corrected chi connectivity index (χ0v) is 7.13. The van der Waals surface area contributed by atoms with Crippen LogP contribution >= 0.6 is 0 Å². The van der Waals surface area contributed by atoms with E-state index in [-0.39, 0.29) is 0 Å². The number of nitrogens with zero attached hydrogens (tertiary/aromatic N) is 1. The van der Waals surface area contributed by atoms with E-state index >= 15 is 0 Å². The Morgan fingerprint density at radius 1 is 1.58 bits per heavy atom. The molecule has 64 valence electrons. The lowest BCUT2D eigenvalue weighted by atomic mass is 10.1. The lowest BCUT2D eigenvalue weighted by Gasteiger charge is -2.18. The third-order valence-electron chi connectivity index (χ3n) is 2.05. The van der Waals surface area contributed by atoms with E-state index in [0.29, 0.717) is 0 Å². The summed E-state index contributed by atoms with van der Waals surface area (Å²) < 4.78 is 5.52. The molecule has 1 aliphatic heterocycles. The van der Waals surface area contributed by atoms with Crippen LogP contribution in [0.2, 0.25) is 0 Å². The Morgan fingerprint density at radius 2 is 2.50 bits per heavy atom. The smallest absolute Gasteiger partial charge is 0.163 e. The molecule has 0 amide bonds. The molecule has 0 unspecified atom stereocenters. The second-order valence-electron chi connectivity index (χ2n) is 2.84. The summed E-state index contributed by atoms with van der Waals surface area (Å²) in [6.45, 7) is 0.813. The normalized spacial score (nSPS) is 14.8. The van der Waals surface area contributed by atoms with Gasteiger partial charge in [0.2, 0.25) is 0 Å². The van der Waals surface area contributed by atoms with Crippen LogP contribution in [0.5, 0.6) is 5.75 Å². The molecule has 0 saturated heterocycles. The number of aromatic nitrogens is 1. The first-order valence-corrected chi connectivity index (χ1v) is 4.20. The minimum atomic E-state index is 0.813. The number of nitrogens with one attached hydrogen (secondary N) is 1. The van der Waals surface area contributed by atoms with E-state index < -0.39 is 0 Å². The van der Waals surface area contributed by atoms with Crippen molar-refractivity contribution in [1.29, 1.82) is 0 Å². The van der Waals surface area contributed by atoms with Gasteiger partial charge in [-0.2, -0.15) is 0 Å². The molecule has 1 N–H and O–H groups in total. The summed E-state index contributed by atoms with van der Waals surface area (Å²) >= 11 is 0. The topological polar surface area (TPSA) is 34.2 Å². The van der Waals surface area contributed by atoms with Crippen LogP contribution in [0.4, 0.5) is 5.69 Å². The van der Waals surface area contributed by atoms with Gasteiger partial charge in [-0.3, -0.25) is 4.98 Å². The van der Waals surface area contributed by atoms with Crippen molar-refractivity contribution in [2.45, 2.75) is 12.8 Å². The van der Waals surface area contributed by atoms with Crippen molar-refractivity contribution in [3.05, 3.63) is 18.0 Å². The lowest BCUT2D eigenvalue weighted by molar-refractivity contribution is 0.286. The van der Waals surface area contributed by atoms with Gasteiger partial charge < -0.3 is 10.1 Å². The van der Waals surface area contributed by atoms with Gasteiger partial charge in [-0.15, -0.1) is 0 Å². The van der Waals surface area contributed by atoms with Gasteiger partial charge in [0, 0.05) is 13.2 Å². The van der Waals surface area contributed by atoms with E-state index in [0.717, 1.165) is 36.6 Å². The first kappa shape index (κ1) is 7.40. The van der Waals surface area contributed by atoms with E-state index in [9.17, 15) is 0 Å².